The fourth-order valence-corrected chi connectivity index (χ4v) is 9.20. The number of likely N-dealkylation sites (tertiary alicyclic amines) is 1. The van der Waals surface area contributed by atoms with Crippen molar-refractivity contribution in [1.29, 1.82) is 0 Å². The van der Waals surface area contributed by atoms with Crippen molar-refractivity contribution in [2.45, 2.75) is 58.2 Å². The summed E-state index contributed by atoms with van der Waals surface area (Å²) in [5.74, 6) is -0.684. The lowest BCUT2D eigenvalue weighted by molar-refractivity contribution is -0.129. The predicted octanol–water partition coefficient (Wildman–Crippen LogP) is 4.85. The van der Waals surface area contributed by atoms with Gasteiger partial charge in [-0.3, -0.25) is 19.7 Å². The average molecular weight is 813 g/mol. The molecule has 18 heteroatoms. The number of rotatable bonds is 8. The zero-order valence-electron chi connectivity index (χ0n) is 33.4. The van der Waals surface area contributed by atoms with Crippen molar-refractivity contribution in [1.82, 2.24) is 29.1 Å². The van der Waals surface area contributed by atoms with Crippen molar-refractivity contribution in [3.63, 3.8) is 0 Å². The van der Waals surface area contributed by atoms with Gasteiger partial charge in [0, 0.05) is 82.6 Å². The molecule has 2 aromatic carbocycles. The molecule has 0 spiro atoms. The summed E-state index contributed by atoms with van der Waals surface area (Å²) in [6.07, 6.45) is 6.95. The van der Waals surface area contributed by atoms with Gasteiger partial charge in [-0.25, -0.2) is 13.6 Å². The van der Waals surface area contributed by atoms with Crippen LogP contribution in [0.3, 0.4) is 0 Å². The first-order chi connectivity index (χ1) is 28.4. The highest BCUT2D eigenvalue weighted by Crippen LogP contribution is 2.46. The molecule has 16 nitrogen and oxygen atoms in total. The van der Waals surface area contributed by atoms with Crippen LogP contribution in [-0.4, -0.2) is 107 Å². The molecule has 5 aromatic rings. The number of nitrogens with zero attached hydrogens (tertiary/aromatic N) is 8. The number of aromatic nitrogens is 4. The van der Waals surface area contributed by atoms with E-state index >= 15 is 8.78 Å². The molecule has 6 heterocycles. The molecule has 3 aliphatic heterocycles. The predicted molar refractivity (Wildman–Crippen MR) is 219 cm³/mol. The third kappa shape index (κ3) is 6.81. The molecule has 310 valence electrons. The maximum Gasteiger partial charge on any atom is 0.327 e. The van der Waals surface area contributed by atoms with Crippen LogP contribution in [0.5, 0.6) is 5.75 Å². The van der Waals surface area contributed by atoms with Crippen LogP contribution in [0.15, 0.2) is 44.6 Å². The standard InChI is InChI=1S/C41H46F2N10O6/c1-5-49-19-27(36(55)25-15-28(42)32(17-31(25)49)51-13-11-50(12-14-51)22(2)54)39-46-47-41(59-39)45-40(57)44-30-20-53(24-8-9-24)34-26(37(30)56)16-29(43)35(38(34)58-4)52-18-23-7-6-10-48(3)33(23)21-52/h15-17,19-20,23-24,33H,5-14,18,21H2,1-4H3,(H2,44,45,47,57). The lowest BCUT2D eigenvalue weighted by Crippen LogP contribution is -2.48. The Morgan fingerprint density at radius 3 is 2.37 bits per heavy atom. The van der Waals surface area contributed by atoms with Gasteiger partial charge in [0.25, 0.3) is 5.89 Å². The molecule has 0 bridgehead atoms. The number of methoxy groups -OCH3 is 1. The van der Waals surface area contributed by atoms with Crippen molar-refractivity contribution in [2.75, 3.05) is 80.4 Å². The molecule has 4 fully saturated rings. The normalized spacial score (nSPS) is 19.7. The quantitative estimate of drug-likeness (QED) is 0.220. The molecular formula is C41H46F2N10O6. The van der Waals surface area contributed by atoms with Crippen LogP contribution in [0.25, 0.3) is 33.3 Å². The van der Waals surface area contributed by atoms with E-state index in [9.17, 15) is 19.2 Å². The molecule has 4 aliphatic rings. The van der Waals surface area contributed by atoms with Gasteiger partial charge in [0.15, 0.2) is 11.6 Å². The molecule has 3 aromatic heterocycles. The topological polar surface area (TPSA) is 163 Å². The Morgan fingerprint density at radius 1 is 0.915 bits per heavy atom. The number of carbonyl (C=O) groups is 2. The van der Waals surface area contributed by atoms with Gasteiger partial charge in [0.1, 0.15) is 22.8 Å². The second kappa shape index (κ2) is 15.0. The van der Waals surface area contributed by atoms with E-state index in [-0.39, 0.29) is 45.9 Å². The van der Waals surface area contributed by atoms with E-state index in [0.29, 0.717) is 85.9 Å². The molecular weight excluding hydrogens is 767 g/mol. The lowest BCUT2D eigenvalue weighted by Gasteiger charge is -2.36. The minimum absolute atomic E-state index is 0.000522. The summed E-state index contributed by atoms with van der Waals surface area (Å²) in [7, 11) is 3.59. The van der Waals surface area contributed by atoms with Crippen LogP contribution in [-0.2, 0) is 11.3 Å². The van der Waals surface area contributed by atoms with E-state index in [2.05, 4.69) is 32.8 Å². The van der Waals surface area contributed by atoms with E-state index in [1.54, 1.807) is 27.9 Å². The molecule has 1 aliphatic carbocycles. The Morgan fingerprint density at radius 2 is 1.68 bits per heavy atom. The largest absolute Gasteiger partial charge is 0.492 e. The van der Waals surface area contributed by atoms with Gasteiger partial charge in [0.05, 0.1) is 29.2 Å². The van der Waals surface area contributed by atoms with Crippen LogP contribution in [0.1, 0.15) is 45.6 Å². The number of pyridine rings is 2. The molecule has 2 unspecified atom stereocenters. The number of ether oxygens (including phenoxy) is 1. The van der Waals surface area contributed by atoms with Gasteiger partial charge in [-0.15, -0.1) is 5.10 Å². The number of piperidine rings is 1. The molecule has 2 N–H and O–H groups in total. The second-order valence-corrected chi connectivity index (χ2v) is 16.0. The number of halogens is 2. The van der Waals surface area contributed by atoms with Gasteiger partial charge < -0.3 is 43.2 Å². The minimum Gasteiger partial charge on any atom is -0.492 e. The Hall–Kier alpha value is -6.04. The highest BCUT2D eigenvalue weighted by Gasteiger charge is 2.40. The molecule has 0 radical (unpaired) electrons. The van der Waals surface area contributed by atoms with Gasteiger partial charge >= 0.3 is 12.0 Å². The highest BCUT2D eigenvalue weighted by molar-refractivity contribution is 6.01. The number of hydrogen-bond donors (Lipinski definition) is 2. The summed E-state index contributed by atoms with van der Waals surface area (Å²) in [6.45, 7) is 7.98. The van der Waals surface area contributed by atoms with Crippen LogP contribution < -0.4 is 36.0 Å². The molecule has 2 atom stereocenters. The summed E-state index contributed by atoms with van der Waals surface area (Å²) in [6, 6.07) is 3.17. The number of piperazine rings is 1. The van der Waals surface area contributed by atoms with Crippen LogP contribution in [0.4, 0.5) is 36.7 Å². The zero-order valence-corrected chi connectivity index (χ0v) is 33.4. The Balaban J connectivity index is 0.972. The number of nitrogens with one attached hydrogen (secondary N) is 2. The van der Waals surface area contributed by atoms with Crippen molar-refractivity contribution in [3.8, 4) is 17.2 Å². The van der Waals surface area contributed by atoms with Gasteiger partial charge in [-0.1, -0.05) is 5.10 Å². The number of fused-ring (bicyclic) bond motifs is 3. The smallest absolute Gasteiger partial charge is 0.327 e. The Kier molecular flexibility index (Phi) is 9.76. The number of urea groups is 1. The van der Waals surface area contributed by atoms with E-state index in [1.165, 1.54) is 26.2 Å². The number of hydrogen-bond acceptors (Lipinski definition) is 11. The minimum atomic E-state index is -0.880. The van der Waals surface area contributed by atoms with Crippen molar-refractivity contribution in [3.05, 3.63) is 62.7 Å². The highest BCUT2D eigenvalue weighted by atomic mass is 19.1. The van der Waals surface area contributed by atoms with Gasteiger partial charge in [0.2, 0.25) is 16.8 Å². The SMILES string of the molecule is CCn1cc(-c2nnc(NC(=O)Nc3cn(C4CC4)c4c(OC)c(N5CC6CCCN(C)C6C5)c(F)cc4c3=O)o2)c(=O)c2cc(F)c(N3CCN(C(C)=O)CC3)cc21. The van der Waals surface area contributed by atoms with Gasteiger partial charge in [-0.2, -0.15) is 0 Å². The third-order valence-electron chi connectivity index (χ3n) is 12.4. The first-order valence-corrected chi connectivity index (χ1v) is 20.1. The molecule has 3 amide bonds. The number of benzene rings is 2. The summed E-state index contributed by atoms with van der Waals surface area (Å²) in [5.41, 5.74) is 0.426. The Bertz CT molecular complexity index is 2630. The zero-order chi connectivity index (χ0) is 41.3. The lowest BCUT2D eigenvalue weighted by atomic mass is 9.93. The van der Waals surface area contributed by atoms with E-state index < -0.39 is 28.5 Å². The maximum absolute atomic E-state index is 16.2. The maximum atomic E-state index is 16.2. The summed E-state index contributed by atoms with van der Waals surface area (Å²) in [5, 5.41) is 13.1. The first-order valence-electron chi connectivity index (χ1n) is 20.1. The van der Waals surface area contributed by atoms with E-state index in [0.717, 1.165) is 32.2 Å². The summed E-state index contributed by atoms with van der Waals surface area (Å²) >= 11 is 0. The second-order valence-electron chi connectivity index (χ2n) is 16.0. The summed E-state index contributed by atoms with van der Waals surface area (Å²) in [4.78, 5) is 60.8. The van der Waals surface area contributed by atoms with Crippen molar-refractivity contribution < 1.29 is 27.5 Å². The first kappa shape index (κ1) is 38.5. The number of aryl methyl sites for hydroxylation is 1. The molecule has 3 saturated heterocycles. The van der Waals surface area contributed by atoms with Crippen LogP contribution in [0.2, 0.25) is 0 Å². The van der Waals surface area contributed by atoms with E-state index in [1.807, 2.05) is 21.3 Å². The average Bonchev–Trinajstić information content (AvgIpc) is 3.81. The fraction of sp³-hybridized carbons (Fsp3) is 0.463. The fourth-order valence-electron chi connectivity index (χ4n) is 9.20. The molecule has 9 rings (SSSR count). The summed E-state index contributed by atoms with van der Waals surface area (Å²) < 4.78 is 47.1. The number of likely N-dealkylation sites (N-methyl/N-ethyl adjacent to an activating group) is 1. The monoisotopic (exact) mass is 812 g/mol. The van der Waals surface area contributed by atoms with Crippen molar-refractivity contribution in [2.24, 2.45) is 5.92 Å². The van der Waals surface area contributed by atoms with Gasteiger partial charge in [-0.05, 0) is 70.3 Å². The molecule has 1 saturated carbocycles. The number of amides is 3. The molecule has 59 heavy (non-hydrogen) atoms. The van der Waals surface area contributed by atoms with E-state index in [4.69, 9.17) is 9.15 Å². The number of carbonyl (C=O) groups excluding carboxylic acids is 2. The van der Waals surface area contributed by atoms with Crippen LogP contribution >= 0.6 is 0 Å². The Labute approximate surface area is 337 Å². The van der Waals surface area contributed by atoms with Crippen molar-refractivity contribution >= 4 is 56.8 Å². The van der Waals surface area contributed by atoms with Crippen LogP contribution in [0, 0.1) is 17.6 Å². The third-order valence-corrected chi connectivity index (χ3v) is 12.4. The number of anilines is 4.